The number of imidazole rings is 1. The van der Waals surface area contributed by atoms with Crippen LogP contribution in [0.4, 0.5) is 5.95 Å². The van der Waals surface area contributed by atoms with Crippen molar-refractivity contribution >= 4 is 17.7 Å². The molecule has 0 amide bonds. The molecule has 1 unspecified atom stereocenters. The quantitative estimate of drug-likeness (QED) is 0.726. The standard InChI is InChI=1S/C12H23N3OS/c1-10-8-15(6-5-7-17-4)12(13-10)14-11(2)9-16-3/h8,11H,5-7,9H2,1-4H3,(H,13,14). The summed E-state index contributed by atoms with van der Waals surface area (Å²) in [6, 6.07) is 0.279. The Balaban J connectivity index is 2.57. The van der Waals surface area contributed by atoms with Gasteiger partial charge in [-0.2, -0.15) is 11.8 Å². The van der Waals surface area contributed by atoms with Crippen LogP contribution in [0.5, 0.6) is 0 Å². The van der Waals surface area contributed by atoms with Gasteiger partial charge < -0.3 is 14.6 Å². The lowest BCUT2D eigenvalue weighted by molar-refractivity contribution is 0.190. The zero-order valence-corrected chi connectivity index (χ0v) is 12.0. The molecule has 1 atom stereocenters. The van der Waals surface area contributed by atoms with Crippen LogP contribution in [-0.2, 0) is 11.3 Å². The molecule has 1 N–H and O–H groups in total. The van der Waals surface area contributed by atoms with Gasteiger partial charge in [-0.05, 0) is 32.3 Å². The summed E-state index contributed by atoms with van der Waals surface area (Å²) in [7, 11) is 1.72. The van der Waals surface area contributed by atoms with Crippen LogP contribution in [-0.4, -0.2) is 41.3 Å². The van der Waals surface area contributed by atoms with Gasteiger partial charge >= 0.3 is 0 Å². The van der Waals surface area contributed by atoms with Gasteiger partial charge in [0.15, 0.2) is 0 Å². The van der Waals surface area contributed by atoms with E-state index in [1.54, 1.807) is 7.11 Å². The monoisotopic (exact) mass is 257 g/mol. The summed E-state index contributed by atoms with van der Waals surface area (Å²) < 4.78 is 7.31. The first-order chi connectivity index (χ1) is 8.17. The minimum absolute atomic E-state index is 0.279. The molecule has 17 heavy (non-hydrogen) atoms. The summed E-state index contributed by atoms with van der Waals surface area (Å²) in [4.78, 5) is 4.50. The Labute approximate surface area is 108 Å². The molecule has 5 heteroatoms. The fourth-order valence-corrected chi connectivity index (χ4v) is 2.14. The second kappa shape index (κ2) is 7.61. The van der Waals surface area contributed by atoms with E-state index < -0.39 is 0 Å². The molecule has 0 saturated heterocycles. The van der Waals surface area contributed by atoms with E-state index in [2.05, 4.69) is 34.2 Å². The average molecular weight is 257 g/mol. The van der Waals surface area contributed by atoms with Crippen LogP contribution in [0.25, 0.3) is 0 Å². The van der Waals surface area contributed by atoms with Gasteiger partial charge in [0.2, 0.25) is 5.95 Å². The van der Waals surface area contributed by atoms with Crippen LogP contribution in [0.3, 0.4) is 0 Å². The Kier molecular flexibility index (Phi) is 6.44. The largest absolute Gasteiger partial charge is 0.383 e. The number of hydrogen-bond acceptors (Lipinski definition) is 4. The Morgan fingerprint density at radius 3 is 3.00 bits per heavy atom. The first kappa shape index (κ1) is 14.4. The van der Waals surface area contributed by atoms with Crippen LogP contribution in [0.1, 0.15) is 19.0 Å². The van der Waals surface area contributed by atoms with Crippen LogP contribution in [0, 0.1) is 6.92 Å². The Morgan fingerprint density at radius 1 is 1.59 bits per heavy atom. The van der Waals surface area contributed by atoms with Crippen molar-refractivity contribution in [3.05, 3.63) is 11.9 Å². The van der Waals surface area contributed by atoms with Crippen molar-refractivity contribution in [2.45, 2.75) is 32.9 Å². The third-order valence-electron chi connectivity index (χ3n) is 2.44. The molecule has 1 rings (SSSR count). The SMILES string of the molecule is COCC(C)Nc1nc(C)cn1CCCSC. The van der Waals surface area contributed by atoms with Crippen molar-refractivity contribution in [3.63, 3.8) is 0 Å². The molecular weight excluding hydrogens is 234 g/mol. The molecule has 0 aromatic carbocycles. The van der Waals surface area contributed by atoms with E-state index in [4.69, 9.17) is 4.74 Å². The molecule has 1 heterocycles. The highest BCUT2D eigenvalue weighted by molar-refractivity contribution is 7.98. The van der Waals surface area contributed by atoms with Crippen molar-refractivity contribution in [1.82, 2.24) is 9.55 Å². The summed E-state index contributed by atoms with van der Waals surface area (Å²) in [5, 5.41) is 3.38. The number of aryl methyl sites for hydroxylation is 2. The second-order valence-corrected chi connectivity index (χ2v) is 5.23. The zero-order valence-electron chi connectivity index (χ0n) is 11.2. The highest BCUT2D eigenvalue weighted by atomic mass is 32.2. The molecule has 0 bridgehead atoms. The zero-order chi connectivity index (χ0) is 12.7. The van der Waals surface area contributed by atoms with Gasteiger partial charge in [0, 0.05) is 25.9 Å². The lowest BCUT2D eigenvalue weighted by Gasteiger charge is -2.15. The lowest BCUT2D eigenvalue weighted by atomic mass is 10.4. The predicted molar refractivity (Wildman–Crippen MR) is 74.9 cm³/mol. The molecule has 0 aliphatic rings. The van der Waals surface area contributed by atoms with E-state index in [0.717, 1.165) is 18.2 Å². The molecule has 1 aromatic rings. The summed E-state index contributed by atoms with van der Waals surface area (Å²) in [5.74, 6) is 2.14. The molecule has 0 saturated carbocycles. The normalized spacial score (nSPS) is 12.7. The maximum atomic E-state index is 5.12. The first-order valence-corrected chi connectivity index (χ1v) is 7.35. The summed E-state index contributed by atoms with van der Waals surface area (Å²) >= 11 is 1.88. The van der Waals surface area contributed by atoms with Crippen LogP contribution < -0.4 is 5.32 Å². The fourth-order valence-electron chi connectivity index (χ4n) is 1.72. The highest BCUT2D eigenvalue weighted by Gasteiger charge is 2.08. The number of nitrogens with one attached hydrogen (secondary N) is 1. The minimum atomic E-state index is 0.279. The summed E-state index contributed by atoms with van der Waals surface area (Å²) in [6.07, 6.45) is 5.41. The Morgan fingerprint density at radius 2 is 2.35 bits per heavy atom. The molecule has 98 valence electrons. The van der Waals surface area contributed by atoms with Crippen molar-refractivity contribution in [1.29, 1.82) is 0 Å². The van der Waals surface area contributed by atoms with Crippen LogP contribution in [0.2, 0.25) is 0 Å². The number of ether oxygens (including phenoxy) is 1. The molecule has 0 fully saturated rings. The maximum Gasteiger partial charge on any atom is 0.203 e. The number of hydrogen-bond donors (Lipinski definition) is 1. The smallest absolute Gasteiger partial charge is 0.203 e. The molecule has 0 radical (unpaired) electrons. The molecule has 4 nitrogen and oxygen atoms in total. The van der Waals surface area contributed by atoms with E-state index in [1.165, 1.54) is 12.2 Å². The van der Waals surface area contributed by atoms with Gasteiger partial charge in [-0.25, -0.2) is 4.98 Å². The molecule has 1 aromatic heterocycles. The number of nitrogens with zero attached hydrogens (tertiary/aromatic N) is 2. The molecule has 0 spiro atoms. The number of thioether (sulfide) groups is 1. The lowest BCUT2D eigenvalue weighted by Crippen LogP contribution is -2.23. The van der Waals surface area contributed by atoms with E-state index >= 15 is 0 Å². The van der Waals surface area contributed by atoms with E-state index in [0.29, 0.717) is 6.61 Å². The maximum absolute atomic E-state index is 5.12. The van der Waals surface area contributed by atoms with Gasteiger partial charge in [-0.3, -0.25) is 0 Å². The van der Waals surface area contributed by atoms with Gasteiger partial charge in [0.25, 0.3) is 0 Å². The second-order valence-electron chi connectivity index (χ2n) is 4.25. The predicted octanol–water partition coefficient (Wildman–Crippen LogP) is 2.39. The van der Waals surface area contributed by atoms with Crippen molar-refractivity contribution < 1.29 is 4.74 Å². The third kappa shape index (κ3) is 5.00. The van der Waals surface area contributed by atoms with Crippen molar-refractivity contribution in [2.75, 3.05) is 31.0 Å². The average Bonchev–Trinajstić information content (AvgIpc) is 2.60. The summed E-state index contributed by atoms with van der Waals surface area (Å²) in [5.41, 5.74) is 1.06. The van der Waals surface area contributed by atoms with Crippen molar-refractivity contribution in [2.24, 2.45) is 0 Å². The number of anilines is 1. The summed E-state index contributed by atoms with van der Waals surface area (Å²) in [6.45, 7) is 5.83. The van der Waals surface area contributed by atoms with Gasteiger partial charge in [0.1, 0.15) is 0 Å². The minimum Gasteiger partial charge on any atom is -0.383 e. The van der Waals surface area contributed by atoms with Gasteiger partial charge in [0.05, 0.1) is 12.3 Å². The first-order valence-electron chi connectivity index (χ1n) is 5.95. The highest BCUT2D eigenvalue weighted by Crippen LogP contribution is 2.11. The number of rotatable bonds is 8. The molecular formula is C12H23N3OS. The molecule has 0 aliphatic carbocycles. The van der Waals surface area contributed by atoms with E-state index in [9.17, 15) is 0 Å². The number of methoxy groups -OCH3 is 1. The topological polar surface area (TPSA) is 39.1 Å². The molecule has 0 aliphatic heterocycles. The third-order valence-corrected chi connectivity index (χ3v) is 3.13. The number of aromatic nitrogens is 2. The fraction of sp³-hybridized carbons (Fsp3) is 0.750. The van der Waals surface area contributed by atoms with Gasteiger partial charge in [-0.15, -0.1) is 0 Å². The van der Waals surface area contributed by atoms with E-state index in [1.807, 2.05) is 18.7 Å². The Bertz CT molecular complexity index is 328. The van der Waals surface area contributed by atoms with Crippen LogP contribution >= 0.6 is 11.8 Å². The van der Waals surface area contributed by atoms with Crippen LogP contribution in [0.15, 0.2) is 6.20 Å². The van der Waals surface area contributed by atoms with Gasteiger partial charge in [-0.1, -0.05) is 0 Å². The van der Waals surface area contributed by atoms with Crippen molar-refractivity contribution in [3.8, 4) is 0 Å². The Hall–Kier alpha value is -0.680. The van der Waals surface area contributed by atoms with E-state index in [-0.39, 0.29) is 6.04 Å².